The van der Waals surface area contributed by atoms with Crippen LogP contribution in [0.2, 0.25) is 0 Å². The number of piperidine rings is 1. The lowest BCUT2D eigenvalue weighted by Gasteiger charge is -2.15. The Morgan fingerprint density at radius 2 is 1.86 bits per heavy atom. The summed E-state index contributed by atoms with van der Waals surface area (Å²) in [5, 5.41) is 0. The van der Waals surface area contributed by atoms with Crippen molar-refractivity contribution in [1.82, 2.24) is 4.90 Å². The lowest BCUT2D eigenvalue weighted by molar-refractivity contribution is 0.458. The smallest absolute Gasteiger partial charge is 0.0646 e. The Labute approximate surface area is 85.7 Å². The Morgan fingerprint density at radius 1 is 1.14 bits per heavy atom. The highest BCUT2D eigenvalue weighted by atomic mass is 15.5. The fraction of sp³-hybridized carbons (Fsp3) is 0.538. The Hall–Kier alpha value is -0.820. The van der Waals surface area contributed by atoms with Crippen molar-refractivity contribution in [2.75, 3.05) is 6.54 Å². The monoisotopic (exact) mass is 187 g/mol. The third-order valence-electron chi connectivity index (χ3n) is 4.27. The predicted molar refractivity (Wildman–Crippen MR) is 58.1 cm³/mol. The second-order valence-corrected chi connectivity index (χ2v) is 5.04. The van der Waals surface area contributed by atoms with Crippen molar-refractivity contribution in [1.29, 1.82) is 0 Å². The summed E-state index contributed by atoms with van der Waals surface area (Å²) in [6.45, 7) is 6.03. The molecule has 2 fully saturated rings. The van der Waals surface area contributed by atoms with Gasteiger partial charge in [-0.2, -0.15) is 0 Å². The summed E-state index contributed by atoms with van der Waals surface area (Å²) < 4.78 is 0. The van der Waals surface area contributed by atoms with Crippen LogP contribution < -0.4 is 0 Å². The van der Waals surface area contributed by atoms with Gasteiger partial charge in [-0.3, -0.25) is 4.90 Å². The van der Waals surface area contributed by atoms with E-state index in [2.05, 4.69) is 49.1 Å². The molecule has 2 heterocycles. The Bertz CT molecular complexity index is 355. The molecule has 0 radical (unpaired) electrons. The first-order valence-electron chi connectivity index (χ1n) is 5.53. The molecule has 2 aliphatic rings. The minimum Gasteiger partial charge on any atom is -0.285 e. The lowest BCUT2D eigenvalue weighted by atomic mass is 9.85. The van der Waals surface area contributed by atoms with Crippen LogP contribution in [0.1, 0.15) is 32.3 Å². The van der Waals surface area contributed by atoms with Gasteiger partial charge in [0, 0.05) is 5.54 Å². The number of hydrogen-bond acceptors (Lipinski definition) is 1. The van der Waals surface area contributed by atoms with Gasteiger partial charge in [-0.1, -0.05) is 30.3 Å². The third-order valence-corrected chi connectivity index (χ3v) is 4.27. The van der Waals surface area contributed by atoms with Crippen molar-refractivity contribution < 1.29 is 0 Å². The van der Waals surface area contributed by atoms with Gasteiger partial charge in [0.2, 0.25) is 0 Å². The van der Waals surface area contributed by atoms with Crippen LogP contribution >= 0.6 is 0 Å². The molecule has 2 saturated heterocycles. The van der Waals surface area contributed by atoms with Gasteiger partial charge in [-0.15, -0.1) is 0 Å². The van der Waals surface area contributed by atoms with E-state index in [9.17, 15) is 0 Å². The van der Waals surface area contributed by atoms with E-state index in [0.29, 0.717) is 11.1 Å². The molecule has 1 aromatic carbocycles. The number of hydrogen-bond donors (Lipinski definition) is 0. The summed E-state index contributed by atoms with van der Waals surface area (Å²) in [6, 6.07) is 11.0. The van der Waals surface area contributed by atoms with Crippen molar-refractivity contribution in [3.05, 3.63) is 35.9 Å². The van der Waals surface area contributed by atoms with Crippen LogP contribution in [0.15, 0.2) is 30.3 Å². The molecule has 14 heavy (non-hydrogen) atoms. The highest BCUT2D eigenvalue weighted by Gasteiger charge is 2.71. The quantitative estimate of drug-likeness (QED) is 0.611. The molecule has 3 rings (SSSR count). The standard InChI is InChI=1S/C13H17N/c1-12(2)13(9-6-10-14(12)13)11-7-4-3-5-8-11/h3-5,7-8H,6,9-10H2,1-2H3. The molecule has 1 heteroatoms. The molecule has 0 spiro atoms. The highest BCUT2D eigenvalue weighted by molar-refractivity contribution is 5.40. The van der Waals surface area contributed by atoms with Crippen LogP contribution in [0.25, 0.3) is 0 Å². The molecule has 1 aromatic rings. The second kappa shape index (κ2) is 2.40. The molecule has 0 aromatic heterocycles. The van der Waals surface area contributed by atoms with Gasteiger partial charge in [-0.25, -0.2) is 0 Å². The van der Waals surface area contributed by atoms with E-state index in [0.717, 1.165) is 0 Å². The van der Waals surface area contributed by atoms with Crippen LogP contribution in [-0.2, 0) is 5.54 Å². The maximum atomic E-state index is 2.65. The summed E-state index contributed by atoms with van der Waals surface area (Å²) in [7, 11) is 0. The van der Waals surface area contributed by atoms with Gasteiger partial charge in [0.1, 0.15) is 0 Å². The average Bonchev–Trinajstić information content (AvgIpc) is 2.57. The number of fused-ring (bicyclic) bond motifs is 1. The Morgan fingerprint density at radius 3 is 2.43 bits per heavy atom. The maximum absolute atomic E-state index is 2.65. The van der Waals surface area contributed by atoms with Crippen LogP contribution in [0.5, 0.6) is 0 Å². The van der Waals surface area contributed by atoms with Crippen LogP contribution in [0, 0.1) is 0 Å². The molecule has 0 saturated carbocycles. The zero-order valence-electron chi connectivity index (χ0n) is 8.96. The summed E-state index contributed by atoms with van der Waals surface area (Å²) in [6.07, 6.45) is 2.70. The Balaban J connectivity index is 2.07. The van der Waals surface area contributed by atoms with Crippen molar-refractivity contribution >= 4 is 0 Å². The first kappa shape index (κ1) is 8.49. The largest absolute Gasteiger partial charge is 0.285 e. The van der Waals surface area contributed by atoms with E-state index in [1.54, 1.807) is 0 Å². The lowest BCUT2D eigenvalue weighted by Crippen LogP contribution is -2.18. The number of rotatable bonds is 1. The topological polar surface area (TPSA) is 3.01 Å². The van der Waals surface area contributed by atoms with Crippen LogP contribution in [0.4, 0.5) is 0 Å². The van der Waals surface area contributed by atoms with E-state index in [1.807, 2.05) is 0 Å². The summed E-state index contributed by atoms with van der Waals surface area (Å²) in [5.41, 5.74) is 2.29. The molecule has 0 bridgehead atoms. The van der Waals surface area contributed by atoms with E-state index in [4.69, 9.17) is 0 Å². The van der Waals surface area contributed by atoms with E-state index in [-0.39, 0.29) is 0 Å². The first-order chi connectivity index (χ1) is 6.69. The van der Waals surface area contributed by atoms with Crippen molar-refractivity contribution in [2.24, 2.45) is 0 Å². The van der Waals surface area contributed by atoms with Gasteiger partial charge in [0.05, 0.1) is 5.54 Å². The third kappa shape index (κ3) is 0.755. The van der Waals surface area contributed by atoms with Crippen LogP contribution in [0.3, 0.4) is 0 Å². The molecule has 0 amide bonds. The fourth-order valence-corrected chi connectivity index (χ4v) is 3.51. The van der Waals surface area contributed by atoms with Gasteiger partial charge in [0.15, 0.2) is 0 Å². The average molecular weight is 187 g/mol. The molecule has 2 atom stereocenters. The number of benzene rings is 1. The van der Waals surface area contributed by atoms with Gasteiger partial charge in [-0.05, 0) is 38.8 Å². The molecular formula is C13H17N. The molecule has 0 aliphatic carbocycles. The Kier molecular flexibility index (Phi) is 1.46. The van der Waals surface area contributed by atoms with E-state index in [1.165, 1.54) is 24.9 Å². The minimum absolute atomic E-state index is 0.383. The second-order valence-electron chi connectivity index (χ2n) is 5.04. The first-order valence-corrected chi connectivity index (χ1v) is 5.53. The zero-order valence-corrected chi connectivity index (χ0v) is 8.96. The maximum Gasteiger partial charge on any atom is 0.0646 e. The van der Waals surface area contributed by atoms with Gasteiger partial charge < -0.3 is 0 Å². The molecular weight excluding hydrogens is 170 g/mol. The summed E-state index contributed by atoms with van der Waals surface area (Å²) >= 11 is 0. The van der Waals surface area contributed by atoms with E-state index >= 15 is 0 Å². The molecule has 0 N–H and O–H groups in total. The summed E-state index contributed by atoms with van der Waals surface area (Å²) in [5.74, 6) is 0. The van der Waals surface area contributed by atoms with Gasteiger partial charge in [0.25, 0.3) is 0 Å². The molecule has 2 aliphatic heterocycles. The van der Waals surface area contributed by atoms with Crippen molar-refractivity contribution in [3.8, 4) is 0 Å². The van der Waals surface area contributed by atoms with Crippen molar-refractivity contribution in [3.63, 3.8) is 0 Å². The molecule has 1 nitrogen and oxygen atoms in total. The van der Waals surface area contributed by atoms with Gasteiger partial charge >= 0.3 is 0 Å². The summed E-state index contributed by atoms with van der Waals surface area (Å²) in [4.78, 5) is 2.65. The SMILES string of the molecule is CC1(C)N2CCCC21c1ccccc1. The zero-order chi connectivity index (χ0) is 9.81. The minimum atomic E-state index is 0.383. The highest BCUT2D eigenvalue weighted by Crippen LogP contribution is 2.64. The molecule has 74 valence electrons. The number of nitrogens with zero attached hydrogens (tertiary/aromatic N) is 1. The normalized spacial score (nSPS) is 38.0. The predicted octanol–water partition coefficient (Wildman–Crippen LogP) is 2.77. The molecule has 2 unspecified atom stereocenters. The van der Waals surface area contributed by atoms with E-state index < -0.39 is 0 Å². The van der Waals surface area contributed by atoms with Crippen molar-refractivity contribution in [2.45, 2.75) is 37.8 Å². The van der Waals surface area contributed by atoms with Crippen LogP contribution in [-0.4, -0.2) is 17.0 Å². The fourth-order valence-electron chi connectivity index (χ4n) is 3.51.